The summed E-state index contributed by atoms with van der Waals surface area (Å²) in [5.41, 5.74) is 0.509. The first-order chi connectivity index (χ1) is 8.61. The number of anilines is 1. The molecule has 0 aliphatic carbocycles. The third kappa shape index (κ3) is 2.35. The second kappa shape index (κ2) is 4.92. The van der Waals surface area contributed by atoms with Crippen LogP contribution in [-0.4, -0.2) is 36.8 Å². The molecule has 2 aromatic heterocycles. The maximum atomic E-state index is 11.9. The van der Waals surface area contributed by atoms with Crippen molar-refractivity contribution >= 4 is 29.2 Å². The minimum atomic E-state index is -1.14. The van der Waals surface area contributed by atoms with Crippen LogP contribution >= 0.6 is 11.5 Å². The topological polar surface area (TPSA) is 121 Å². The summed E-state index contributed by atoms with van der Waals surface area (Å²) in [5.74, 6) is -1.39. The first kappa shape index (κ1) is 12.2. The Labute approximate surface area is 105 Å². The molecule has 0 spiro atoms. The summed E-state index contributed by atoms with van der Waals surface area (Å²) in [6.07, 6.45) is 0.597. The number of nitrogens with zero attached hydrogens (tertiary/aromatic N) is 3. The molecule has 0 aromatic carbocycles. The number of carbonyl (C=O) groups is 2. The van der Waals surface area contributed by atoms with Crippen LogP contribution < -0.4 is 5.32 Å². The highest BCUT2D eigenvalue weighted by Gasteiger charge is 2.17. The van der Waals surface area contributed by atoms with Crippen molar-refractivity contribution in [2.45, 2.75) is 13.3 Å². The van der Waals surface area contributed by atoms with Gasteiger partial charge in [0.1, 0.15) is 10.6 Å². The number of carboxylic acids is 1. The lowest BCUT2D eigenvalue weighted by atomic mass is 10.3. The highest BCUT2D eigenvalue weighted by Crippen LogP contribution is 2.14. The van der Waals surface area contributed by atoms with Crippen LogP contribution in [0.1, 0.15) is 32.8 Å². The lowest BCUT2D eigenvalue weighted by molar-refractivity contribution is 0.0690. The van der Waals surface area contributed by atoms with Gasteiger partial charge in [-0.1, -0.05) is 11.4 Å². The largest absolute Gasteiger partial charge is 0.477 e. The lowest BCUT2D eigenvalue weighted by Crippen LogP contribution is -2.12. The molecule has 0 saturated carbocycles. The molecule has 0 aliphatic heterocycles. The predicted molar refractivity (Wildman–Crippen MR) is 62.8 cm³/mol. The van der Waals surface area contributed by atoms with Gasteiger partial charge in [-0.25, -0.2) is 4.79 Å². The molecule has 0 fully saturated rings. The predicted octanol–water partition coefficient (Wildman–Crippen LogP) is 0.774. The number of amides is 1. The zero-order chi connectivity index (χ0) is 13.1. The normalized spacial score (nSPS) is 10.3. The molecule has 2 rings (SSSR count). The number of aromatic nitrogens is 4. The Morgan fingerprint density at radius 1 is 1.56 bits per heavy atom. The molecule has 9 heteroatoms. The molecule has 8 nitrogen and oxygen atoms in total. The number of rotatable bonds is 4. The fraction of sp³-hybridized carbons (Fsp3) is 0.222. The van der Waals surface area contributed by atoms with E-state index in [0.29, 0.717) is 17.0 Å². The van der Waals surface area contributed by atoms with E-state index in [-0.39, 0.29) is 11.5 Å². The van der Waals surface area contributed by atoms with Crippen LogP contribution in [0.3, 0.4) is 0 Å². The molecule has 0 saturated heterocycles. The number of hydrogen-bond donors (Lipinski definition) is 3. The van der Waals surface area contributed by atoms with E-state index >= 15 is 0 Å². The van der Waals surface area contributed by atoms with Gasteiger partial charge in [0.25, 0.3) is 5.91 Å². The summed E-state index contributed by atoms with van der Waals surface area (Å²) in [6, 6.07) is 1.24. The van der Waals surface area contributed by atoms with Gasteiger partial charge in [0.05, 0.1) is 5.69 Å². The van der Waals surface area contributed by atoms with Gasteiger partial charge in [0, 0.05) is 6.07 Å². The molecule has 2 heterocycles. The van der Waals surface area contributed by atoms with Crippen molar-refractivity contribution in [2.75, 3.05) is 5.32 Å². The first-order valence-corrected chi connectivity index (χ1v) is 5.80. The van der Waals surface area contributed by atoms with Crippen LogP contribution in [-0.2, 0) is 6.42 Å². The summed E-state index contributed by atoms with van der Waals surface area (Å²) < 4.78 is 3.70. The average molecular weight is 267 g/mol. The first-order valence-electron chi connectivity index (χ1n) is 5.03. The highest BCUT2D eigenvalue weighted by molar-refractivity contribution is 7.08. The van der Waals surface area contributed by atoms with E-state index in [4.69, 9.17) is 5.11 Å². The number of hydrogen-bond acceptors (Lipinski definition) is 6. The van der Waals surface area contributed by atoms with Crippen molar-refractivity contribution in [3.05, 3.63) is 22.3 Å². The van der Waals surface area contributed by atoms with E-state index in [2.05, 4.69) is 25.1 Å². The smallest absolute Gasteiger partial charge is 0.353 e. The number of nitrogens with one attached hydrogen (secondary N) is 2. The van der Waals surface area contributed by atoms with Gasteiger partial charge in [-0.2, -0.15) is 5.10 Å². The molecule has 0 unspecified atom stereocenters. The van der Waals surface area contributed by atoms with Crippen LogP contribution in [0.15, 0.2) is 6.07 Å². The Bertz CT molecular complexity index is 591. The molecule has 1 amide bonds. The van der Waals surface area contributed by atoms with Crippen molar-refractivity contribution in [3.8, 4) is 0 Å². The Balaban J connectivity index is 2.13. The molecule has 94 valence electrons. The molecule has 0 aliphatic rings. The van der Waals surface area contributed by atoms with Gasteiger partial charge in [0.2, 0.25) is 0 Å². The third-order valence-electron chi connectivity index (χ3n) is 2.15. The zero-order valence-corrected chi connectivity index (χ0v) is 10.1. The fourth-order valence-electron chi connectivity index (χ4n) is 1.28. The van der Waals surface area contributed by atoms with E-state index in [1.54, 1.807) is 0 Å². The monoisotopic (exact) mass is 267 g/mol. The number of aromatic amines is 1. The number of carboxylic acid groups (broad SMARTS) is 1. The van der Waals surface area contributed by atoms with Crippen molar-refractivity contribution in [3.63, 3.8) is 0 Å². The summed E-state index contributed by atoms with van der Waals surface area (Å²) in [6.45, 7) is 1.87. The van der Waals surface area contributed by atoms with Crippen LogP contribution in [0.25, 0.3) is 0 Å². The van der Waals surface area contributed by atoms with E-state index in [1.807, 2.05) is 6.92 Å². The number of aromatic carboxylic acids is 1. The van der Waals surface area contributed by atoms with Crippen molar-refractivity contribution in [1.29, 1.82) is 0 Å². The molecule has 2 aromatic rings. The van der Waals surface area contributed by atoms with Crippen molar-refractivity contribution < 1.29 is 14.7 Å². The van der Waals surface area contributed by atoms with Gasteiger partial charge in [-0.3, -0.25) is 9.89 Å². The molecular weight excluding hydrogens is 258 g/mol. The maximum absolute atomic E-state index is 11.9. The minimum absolute atomic E-state index is 0.0940. The van der Waals surface area contributed by atoms with E-state index in [9.17, 15) is 9.59 Å². The van der Waals surface area contributed by atoms with Crippen molar-refractivity contribution in [1.82, 2.24) is 19.8 Å². The Morgan fingerprint density at radius 3 is 2.94 bits per heavy atom. The van der Waals surface area contributed by atoms with Gasteiger partial charge in [-0.15, -0.1) is 5.10 Å². The number of carbonyl (C=O) groups excluding carboxylic acids is 1. The summed E-state index contributed by atoms with van der Waals surface area (Å²) in [5, 5.41) is 21.0. The second-order valence-electron chi connectivity index (χ2n) is 3.33. The molecular formula is C9H9N5O3S. The average Bonchev–Trinajstić information content (AvgIpc) is 2.96. The van der Waals surface area contributed by atoms with E-state index in [0.717, 1.165) is 11.5 Å². The highest BCUT2D eigenvalue weighted by atomic mass is 32.1. The van der Waals surface area contributed by atoms with Gasteiger partial charge < -0.3 is 10.4 Å². The van der Waals surface area contributed by atoms with Crippen LogP contribution in [0.4, 0.5) is 5.82 Å². The summed E-state index contributed by atoms with van der Waals surface area (Å²) in [7, 11) is 0. The molecule has 0 atom stereocenters. The van der Waals surface area contributed by atoms with Crippen LogP contribution in [0.5, 0.6) is 0 Å². The quantitative estimate of drug-likeness (QED) is 0.752. The van der Waals surface area contributed by atoms with Gasteiger partial charge in [-0.05, 0) is 18.0 Å². The second-order valence-corrected chi connectivity index (χ2v) is 4.08. The minimum Gasteiger partial charge on any atom is -0.477 e. The maximum Gasteiger partial charge on any atom is 0.353 e. The Morgan fingerprint density at radius 2 is 2.33 bits per heavy atom. The molecule has 0 radical (unpaired) electrons. The Kier molecular flexibility index (Phi) is 3.33. The number of H-pyrrole nitrogens is 1. The van der Waals surface area contributed by atoms with Gasteiger partial charge in [0.15, 0.2) is 5.82 Å². The molecule has 0 bridgehead atoms. The third-order valence-corrected chi connectivity index (χ3v) is 2.91. The van der Waals surface area contributed by atoms with Crippen LogP contribution in [0, 0.1) is 0 Å². The Hall–Kier alpha value is -2.29. The SMILES string of the molecule is CCc1nnsc1C(=O)Nc1cc(C(=O)O)[nH]n1. The molecule has 18 heavy (non-hydrogen) atoms. The van der Waals surface area contributed by atoms with Gasteiger partial charge >= 0.3 is 5.97 Å². The number of aryl methyl sites for hydroxylation is 1. The van der Waals surface area contributed by atoms with E-state index < -0.39 is 11.9 Å². The van der Waals surface area contributed by atoms with Crippen molar-refractivity contribution in [2.24, 2.45) is 0 Å². The summed E-state index contributed by atoms with van der Waals surface area (Å²) in [4.78, 5) is 22.9. The summed E-state index contributed by atoms with van der Waals surface area (Å²) >= 11 is 0.987. The lowest BCUT2D eigenvalue weighted by Gasteiger charge is -1.98. The molecule has 3 N–H and O–H groups in total. The standard InChI is InChI=1S/C9H9N5O3S/c1-2-4-7(18-14-12-4)8(15)10-6-3-5(9(16)17)11-13-6/h3H,2H2,1H3,(H,16,17)(H2,10,11,13,15). The van der Waals surface area contributed by atoms with E-state index in [1.165, 1.54) is 6.07 Å². The zero-order valence-electron chi connectivity index (χ0n) is 9.30. The fourth-order valence-corrected chi connectivity index (χ4v) is 1.93. The van der Waals surface area contributed by atoms with Crippen LogP contribution in [0.2, 0.25) is 0 Å².